The summed E-state index contributed by atoms with van der Waals surface area (Å²) in [5.74, 6) is 0. The van der Waals surface area contributed by atoms with Crippen LogP contribution in [0, 0.1) is 0 Å². The van der Waals surface area contributed by atoms with E-state index in [4.69, 9.17) is 21.1 Å². The van der Waals surface area contributed by atoms with E-state index in [2.05, 4.69) is 5.32 Å². The lowest BCUT2D eigenvalue weighted by molar-refractivity contribution is -0.0333. The zero-order valence-corrected chi connectivity index (χ0v) is 15.3. The molecule has 1 amide bonds. The van der Waals surface area contributed by atoms with Crippen molar-refractivity contribution in [3.8, 4) is 0 Å². The lowest BCUT2D eigenvalue weighted by Gasteiger charge is -2.38. The van der Waals surface area contributed by atoms with Gasteiger partial charge in [0.25, 0.3) is 0 Å². The Labute approximate surface area is 148 Å². The number of nitrogens with one attached hydrogen (secondary N) is 1. The molecule has 6 heteroatoms. The van der Waals surface area contributed by atoms with Gasteiger partial charge in [-0.1, -0.05) is 11.6 Å². The van der Waals surface area contributed by atoms with Crippen molar-refractivity contribution in [2.45, 2.75) is 45.4 Å². The van der Waals surface area contributed by atoms with E-state index >= 15 is 0 Å². The van der Waals surface area contributed by atoms with Crippen LogP contribution < -0.4 is 5.32 Å². The molecule has 1 atom stereocenters. The smallest absolute Gasteiger partial charge is 0.410 e. The highest BCUT2D eigenvalue weighted by atomic mass is 35.5. The van der Waals surface area contributed by atoms with Crippen molar-refractivity contribution < 1.29 is 14.3 Å². The molecule has 24 heavy (non-hydrogen) atoms. The van der Waals surface area contributed by atoms with E-state index < -0.39 is 5.60 Å². The zero-order chi connectivity index (χ0) is 17.3. The second-order valence-electron chi connectivity index (χ2n) is 7.32. The first-order chi connectivity index (χ1) is 11.3. The van der Waals surface area contributed by atoms with E-state index in [0.29, 0.717) is 24.8 Å². The number of ether oxygens (including phenoxy) is 2. The molecule has 1 fully saturated rings. The van der Waals surface area contributed by atoms with E-state index in [1.165, 1.54) is 11.1 Å². The molecule has 1 N–H and O–H groups in total. The maximum atomic E-state index is 12.7. The van der Waals surface area contributed by atoms with Gasteiger partial charge in [0.1, 0.15) is 5.60 Å². The maximum Gasteiger partial charge on any atom is 0.410 e. The van der Waals surface area contributed by atoms with E-state index in [9.17, 15) is 4.79 Å². The van der Waals surface area contributed by atoms with E-state index in [1.54, 1.807) is 4.90 Å². The number of fused-ring (bicyclic) bond motifs is 1. The highest BCUT2D eigenvalue weighted by Crippen LogP contribution is 2.33. The molecule has 2 aliphatic heterocycles. The third-order valence-electron chi connectivity index (χ3n) is 4.33. The predicted molar refractivity (Wildman–Crippen MR) is 93.4 cm³/mol. The van der Waals surface area contributed by atoms with Crippen LogP contribution in [0.4, 0.5) is 4.79 Å². The summed E-state index contributed by atoms with van der Waals surface area (Å²) in [6, 6.07) is 3.83. The second kappa shape index (κ2) is 6.90. The Morgan fingerprint density at radius 2 is 2.21 bits per heavy atom. The quantitative estimate of drug-likeness (QED) is 0.842. The standard InChI is InChI=1S/C18H25ClN2O3/c1-18(2,3)24-17(22)21-6-7-23-11-16(21)14-9-13(19)8-12-4-5-20-10-15(12)14/h8-9,16,20H,4-7,10-11H2,1-3H3. The number of benzene rings is 1. The maximum absolute atomic E-state index is 12.7. The van der Waals surface area contributed by atoms with Crippen molar-refractivity contribution >= 4 is 17.7 Å². The monoisotopic (exact) mass is 352 g/mol. The van der Waals surface area contributed by atoms with Crippen molar-refractivity contribution in [2.75, 3.05) is 26.3 Å². The van der Waals surface area contributed by atoms with E-state index in [-0.39, 0.29) is 12.1 Å². The van der Waals surface area contributed by atoms with Crippen molar-refractivity contribution in [1.82, 2.24) is 10.2 Å². The minimum atomic E-state index is -0.519. The number of nitrogens with zero attached hydrogens (tertiary/aromatic N) is 1. The first kappa shape index (κ1) is 17.5. The van der Waals surface area contributed by atoms with Gasteiger partial charge in [0, 0.05) is 18.1 Å². The predicted octanol–water partition coefficient (Wildman–Crippen LogP) is 3.29. The largest absolute Gasteiger partial charge is 0.444 e. The van der Waals surface area contributed by atoms with Gasteiger partial charge in [0.05, 0.1) is 19.3 Å². The van der Waals surface area contributed by atoms with Crippen LogP contribution in [-0.4, -0.2) is 42.9 Å². The molecular formula is C18H25ClN2O3. The molecule has 0 aromatic heterocycles. The summed E-state index contributed by atoms with van der Waals surface area (Å²) in [6.45, 7) is 8.89. The topological polar surface area (TPSA) is 50.8 Å². The van der Waals surface area contributed by atoms with Gasteiger partial charge in [-0.3, -0.25) is 4.90 Å². The summed E-state index contributed by atoms with van der Waals surface area (Å²) in [5, 5.41) is 4.11. The average molecular weight is 353 g/mol. The normalized spacial score (nSPS) is 21.3. The molecule has 2 aliphatic rings. The van der Waals surface area contributed by atoms with Crippen molar-refractivity contribution in [1.29, 1.82) is 0 Å². The highest BCUT2D eigenvalue weighted by Gasteiger charge is 2.34. The number of carbonyl (C=O) groups is 1. The molecule has 0 bridgehead atoms. The fraction of sp³-hybridized carbons (Fsp3) is 0.611. The van der Waals surface area contributed by atoms with Gasteiger partial charge in [0.2, 0.25) is 0 Å². The first-order valence-electron chi connectivity index (χ1n) is 8.44. The Balaban J connectivity index is 1.94. The fourth-order valence-corrected chi connectivity index (χ4v) is 3.54. The molecule has 5 nitrogen and oxygen atoms in total. The van der Waals surface area contributed by atoms with Crippen LogP contribution in [0.25, 0.3) is 0 Å². The fourth-order valence-electron chi connectivity index (χ4n) is 3.29. The first-order valence-corrected chi connectivity index (χ1v) is 8.82. The van der Waals surface area contributed by atoms with Crippen molar-refractivity contribution in [3.05, 3.63) is 33.8 Å². The molecule has 0 aliphatic carbocycles. The molecule has 1 unspecified atom stereocenters. The van der Waals surface area contributed by atoms with Crippen LogP contribution in [-0.2, 0) is 22.4 Å². The molecule has 0 saturated carbocycles. The number of rotatable bonds is 1. The summed E-state index contributed by atoms with van der Waals surface area (Å²) in [5.41, 5.74) is 3.03. The second-order valence-corrected chi connectivity index (χ2v) is 7.76. The number of morpholine rings is 1. The Morgan fingerprint density at radius 1 is 1.42 bits per heavy atom. The molecule has 0 spiro atoms. The van der Waals surface area contributed by atoms with Crippen LogP contribution in [0.3, 0.4) is 0 Å². The van der Waals surface area contributed by atoms with Gasteiger partial charge in [-0.25, -0.2) is 4.79 Å². The van der Waals surface area contributed by atoms with Crippen LogP contribution in [0.2, 0.25) is 5.02 Å². The summed E-state index contributed by atoms with van der Waals surface area (Å²) in [6.07, 6.45) is 0.649. The van der Waals surface area contributed by atoms with Crippen LogP contribution in [0.1, 0.15) is 43.5 Å². The summed E-state index contributed by atoms with van der Waals surface area (Å²) >= 11 is 6.34. The van der Waals surface area contributed by atoms with Gasteiger partial charge >= 0.3 is 6.09 Å². The zero-order valence-electron chi connectivity index (χ0n) is 14.5. The lowest BCUT2D eigenvalue weighted by atomic mass is 9.91. The van der Waals surface area contributed by atoms with E-state index in [0.717, 1.165) is 25.1 Å². The Kier molecular flexibility index (Phi) is 5.04. The molecule has 1 aromatic rings. The summed E-state index contributed by atoms with van der Waals surface area (Å²) in [7, 11) is 0. The average Bonchev–Trinajstić information content (AvgIpc) is 2.52. The lowest BCUT2D eigenvalue weighted by Crippen LogP contribution is -2.46. The minimum absolute atomic E-state index is 0.166. The Bertz CT molecular complexity index is 627. The molecule has 3 rings (SSSR count). The van der Waals surface area contributed by atoms with Crippen LogP contribution >= 0.6 is 11.6 Å². The van der Waals surface area contributed by atoms with Crippen molar-refractivity contribution in [2.24, 2.45) is 0 Å². The molecule has 0 radical (unpaired) electrons. The number of halogens is 1. The van der Waals surface area contributed by atoms with E-state index in [1.807, 2.05) is 32.9 Å². The number of amides is 1. The van der Waals surface area contributed by atoms with Gasteiger partial charge in [0.15, 0.2) is 0 Å². The third-order valence-corrected chi connectivity index (χ3v) is 4.55. The number of carbonyl (C=O) groups excluding carboxylic acids is 1. The number of hydrogen-bond acceptors (Lipinski definition) is 4. The number of hydrogen-bond donors (Lipinski definition) is 1. The highest BCUT2D eigenvalue weighted by molar-refractivity contribution is 6.30. The van der Waals surface area contributed by atoms with Gasteiger partial charge in [-0.05, 0) is 62.6 Å². The van der Waals surface area contributed by atoms with Gasteiger partial charge < -0.3 is 14.8 Å². The van der Waals surface area contributed by atoms with Crippen LogP contribution in [0.5, 0.6) is 0 Å². The third kappa shape index (κ3) is 3.85. The molecule has 1 aromatic carbocycles. The van der Waals surface area contributed by atoms with Gasteiger partial charge in [-0.2, -0.15) is 0 Å². The van der Waals surface area contributed by atoms with Crippen LogP contribution in [0.15, 0.2) is 12.1 Å². The molecular weight excluding hydrogens is 328 g/mol. The Morgan fingerprint density at radius 3 is 2.96 bits per heavy atom. The molecule has 2 heterocycles. The Hall–Kier alpha value is -1.30. The van der Waals surface area contributed by atoms with Crippen molar-refractivity contribution in [3.63, 3.8) is 0 Å². The summed E-state index contributed by atoms with van der Waals surface area (Å²) in [4.78, 5) is 14.4. The molecule has 132 valence electrons. The molecule has 1 saturated heterocycles. The minimum Gasteiger partial charge on any atom is -0.444 e. The SMILES string of the molecule is CC(C)(C)OC(=O)N1CCOCC1c1cc(Cl)cc2c1CNCC2. The summed E-state index contributed by atoms with van der Waals surface area (Å²) < 4.78 is 11.3. The van der Waals surface area contributed by atoms with Gasteiger partial charge in [-0.15, -0.1) is 0 Å².